The first-order chi connectivity index (χ1) is 26.7. The number of nitrogens with zero attached hydrogens (tertiary/aromatic N) is 4. The summed E-state index contributed by atoms with van der Waals surface area (Å²) in [5, 5.41) is 4.48. The van der Waals surface area contributed by atoms with E-state index in [0.717, 1.165) is 88.9 Å². The molecular formula is C50H32N4. The zero-order valence-electron chi connectivity index (χ0n) is 29.3. The van der Waals surface area contributed by atoms with Crippen LogP contribution < -0.4 is 0 Å². The molecule has 3 heterocycles. The van der Waals surface area contributed by atoms with Gasteiger partial charge in [-0.1, -0.05) is 158 Å². The molecule has 7 aromatic carbocycles. The van der Waals surface area contributed by atoms with Crippen LogP contribution in [0.15, 0.2) is 194 Å². The Labute approximate surface area is 313 Å². The normalized spacial score (nSPS) is 11.3. The fourth-order valence-electron chi connectivity index (χ4n) is 7.21. The first-order valence-corrected chi connectivity index (χ1v) is 18.1. The van der Waals surface area contributed by atoms with Crippen molar-refractivity contribution in [1.82, 2.24) is 19.9 Å². The third kappa shape index (κ3) is 5.96. The van der Waals surface area contributed by atoms with Crippen LogP contribution in [0.4, 0.5) is 0 Å². The van der Waals surface area contributed by atoms with Crippen molar-refractivity contribution in [3.63, 3.8) is 0 Å². The van der Waals surface area contributed by atoms with Crippen molar-refractivity contribution < 1.29 is 0 Å². The van der Waals surface area contributed by atoms with Crippen LogP contribution in [0.25, 0.3) is 100 Å². The summed E-state index contributed by atoms with van der Waals surface area (Å²) in [5.74, 6) is 0.709. The smallest absolute Gasteiger partial charge is 0.160 e. The maximum absolute atomic E-state index is 5.20. The van der Waals surface area contributed by atoms with Crippen LogP contribution in [0.3, 0.4) is 0 Å². The molecule has 0 spiro atoms. The summed E-state index contributed by atoms with van der Waals surface area (Å²) in [6.07, 6.45) is 0. The van der Waals surface area contributed by atoms with Gasteiger partial charge in [0.25, 0.3) is 0 Å². The SMILES string of the molecule is c1ccc(-c2cc(-c3cccc(-c4ccc5cc(-c6ccc7ccc8ccc(-c9ccccc9)nc8c7n6)ccc5c4)c3)nc(-c3ccccc3)n2)cc1. The van der Waals surface area contributed by atoms with Crippen LogP contribution in [0.5, 0.6) is 0 Å². The summed E-state index contributed by atoms with van der Waals surface area (Å²) in [4.78, 5) is 20.3. The predicted octanol–water partition coefficient (Wildman–Crippen LogP) is 12.7. The number of hydrogen-bond donors (Lipinski definition) is 0. The highest BCUT2D eigenvalue weighted by Gasteiger charge is 2.13. The van der Waals surface area contributed by atoms with Gasteiger partial charge >= 0.3 is 0 Å². The molecule has 0 aliphatic carbocycles. The summed E-state index contributed by atoms with van der Waals surface area (Å²) in [6, 6.07) is 67.5. The molecule has 0 bridgehead atoms. The van der Waals surface area contributed by atoms with E-state index in [1.807, 2.05) is 54.6 Å². The molecule has 0 atom stereocenters. The van der Waals surface area contributed by atoms with Crippen molar-refractivity contribution in [3.05, 3.63) is 194 Å². The Morgan fingerprint density at radius 3 is 1.26 bits per heavy atom. The van der Waals surface area contributed by atoms with E-state index in [-0.39, 0.29) is 0 Å². The third-order valence-electron chi connectivity index (χ3n) is 10.0. The molecule has 54 heavy (non-hydrogen) atoms. The Kier molecular flexibility index (Phi) is 7.77. The molecular weight excluding hydrogens is 657 g/mol. The highest BCUT2D eigenvalue weighted by atomic mass is 14.9. The van der Waals surface area contributed by atoms with Crippen LogP contribution in [0, 0.1) is 0 Å². The minimum atomic E-state index is 0.709. The molecule has 0 fully saturated rings. The molecule has 4 nitrogen and oxygen atoms in total. The van der Waals surface area contributed by atoms with Gasteiger partial charge in [-0.15, -0.1) is 0 Å². The second-order valence-electron chi connectivity index (χ2n) is 13.5. The van der Waals surface area contributed by atoms with Gasteiger partial charge in [-0.3, -0.25) is 0 Å². The standard InChI is InChI=1S/C50H32N4/c1-4-11-33(12-5-1)44-27-25-35-19-20-36-26-28-45(52-49(36)48(35)51-44)43-24-23-40-29-39(21-22-41(40)31-43)38-17-10-18-42(30-38)47-32-46(34-13-6-2-7-14-34)53-50(54-47)37-15-8-3-9-16-37/h1-32H. The Balaban J connectivity index is 0.998. The van der Waals surface area contributed by atoms with E-state index in [4.69, 9.17) is 19.9 Å². The van der Waals surface area contributed by atoms with Gasteiger partial charge in [0, 0.05) is 38.6 Å². The van der Waals surface area contributed by atoms with Crippen molar-refractivity contribution in [3.8, 4) is 67.5 Å². The van der Waals surface area contributed by atoms with E-state index < -0.39 is 0 Å². The number of pyridine rings is 2. The summed E-state index contributed by atoms with van der Waals surface area (Å²) in [7, 11) is 0. The lowest BCUT2D eigenvalue weighted by Gasteiger charge is -2.11. The van der Waals surface area contributed by atoms with Crippen LogP contribution in [0.2, 0.25) is 0 Å². The van der Waals surface area contributed by atoms with Crippen molar-refractivity contribution in [2.24, 2.45) is 0 Å². The number of aromatic nitrogens is 4. The second-order valence-corrected chi connectivity index (χ2v) is 13.5. The van der Waals surface area contributed by atoms with E-state index in [9.17, 15) is 0 Å². The number of hydrogen-bond acceptors (Lipinski definition) is 4. The van der Waals surface area contributed by atoms with Crippen molar-refractivity contribution in [2.45, 2.75) is 0 Å². The van der Waals surface area contributed by atoms with Crippen LogP contribution >= 0.6 is 0 Å². The fourth-order valence-corrected chi connectivity index (χ4v) is 7.21. The average Bonchev–Trinajstić information content (AvgIpc) is 3.26. The largest absolute Gasteiger partial charge is 0.245 e. The second kappa shape index (κ2) is 13.4. The molecule has 0 aliphatic rings. The maximum Gasteiger partial charge on any atom is 0.160 e. The highest BCUT2D eigenvalue weighted by molar-refractivity contribution is 6.04. The molecule has 0 radical (unpaired) electrons. The zero-order valence-corrected chi connectivity index (χ0v) is 29.3. The molecule has 0 unspecified atom stereocenters. The Morgan fingerprint density at radius 2 is 0.630 bits per heavy atom. The molecule has 4 heteroatoms. The lowest BCUT2D eigenvalue weighted by molar-refractivity contribution is 1.18. The minimum Gasteiger partial charge on any atom is -0.245 e. The van der Waals surface area contributed by atoms with Gasteiger partial charge < -0.3 is 0 Å². The van der Waals surface area contributed by atoms with Crippen LogP contribution in [-0.2, 0) is 0 Å². The summed E-state index contributed by atoms with van der Waals surface area (Å²) >= 11 is 0. The van der Waals surface area contributed by atoms with Gasteiger partial charge in [-0.2, -0.15) is 0 Å². The van der Waals surface area contributed by atoms with Crippen LogP contribution in [-0.4, -0.2) is 19.9 Å². The van der Waals surface area contributed by atoms with E-state index in [1.54, 1.807) is 0 Å². The fraction of sp³-hybridized carbons (Fsp3) is 0. The first kappa shape index (κ1) is 31.4. The molecule has 0 saturated heterocycles. The van der Waals surface area contributed by atoms with Crippen molar-refractivity contribution in [1.29, 1.82) is 0 Å². The lowest BCUT2D eigenvalue weighted by atomic mass is 9.97. The quantitative estimate of drug-likeness (QED) is 0.163. The monoisotopic (exact) mass is 688 g/mol. The molecule has 10 aromatic rings. The molecule has 0 amide bonds. The molecule has 0 saturated carbocycles. The minimum absolute atomic E-state index is 0.709. The summed E-state index contributed by atoms with van der Waals surface area (Å²) in [6.45, 7) is 0. The zero-order chi connectivity index (χ0) is 35.8. The van der Waals surface area contributed by atoms with Gasteiger partial charge in [0.1, 0.15) is 0 Å². The molecule has 10 rings (SSSR count). The lowest BCUT2D eigenvalue weighted by Crippen LogP contribution is -1.96. The molecule has 0 aliphatic heterocycles. The molecule has 0 N–H and O–H groups in total. The predicted molar refractivity (Wildman–Crippen MR) is 223 cm³/mol. The van der Waals surface area contributed by atoms with Crippen LogP contribution in [0.1, 0.15) is 0 Å². The average molecular weight is 689 g/mol. The third-order valence-corrected chi connectivity index (χ3v) is 10.0. The Bertz CT molecular complexity index is 2920. The van der Waals surface area contributed by atoms with E-state index in [0.29, 0.717) is 5.82 Å². The highest BCUT2D eigenvalue weighted by Crippen LogP contribution is 2.34. The number of fused-ring (bicyclic) bond motifs is 4. The van der Waals surface area contributed by atoms with E-state index in [1.165, 1.54) is 5.39 Å². The van der Waals surface area contributed by atoms with Crippen molar-refractivity contribution in [2.75, 3.05) is 0 Å². The molecule has 252 valence electrons. The van der Waals surface area contributed by atoms with Gasteiger partial charge in [-0.25, -0.2) is 19.9 Å². The summed E-state index contributed by atoms with van der Waals surface area (Å²) in [5.41, 5.74) is 13.0. The Morgan fingerprint density at radius 1 is 0.222 bits per heavy atom. The number of benzene rings is 7. The van der Waals surface area contributed by atoms with E-state index >= 15 is 0 Å². The topological polar surface area (TPSA) is 51.6 Å². The molecule has 3 aromatic heterocycles. The summed E-state index contributed by atoms with van der Waals surface area (Å²) < 4.78 is 0. The number of rotatable bonds is 6. The van der Waals surface area contributed by atoms with Gasteiger partial charge in [0.05, 0.1) is 33.8 Å². The van der Waals surface area contributed by atoms with E-state index in [2.05, 4.69) is 140 Å². The van der Waals surface area contributed by atoms with Gasteiger partial charge in [0.15, 0.2) is 5.82 Å². The first-order valence-electron chi connectivity index (χ1n) is 18.1. The van der Waals surface area contributed by atoms with Crippen molar-refractivity contribution >= 4 is 32.6 Å². The maximum atomic E-state index is 5.20. The Hall–Kier alpha value is -7.30. The van der Waals surface area contributed by atoms with Gasteiger partial charge in [-0.05, 0) is 58.3 Å². The van der Waals surface area contributed by atoms with Gasteiger partial charge in [0.2, 0.25) is 0 Å².